The second-order valence-electron chi connectivity index (χ2n) is 3.40. The van der Waals surface area contributed by atoms with Gasteiger partial charge >= 0.3 is 0 Å². The highest BCUT2D eigenvalue weighted by atomic mass is 35.5. The van der Waals surface area contributed by atoms with E-state index < -0.39 is 0 Å². The van der Waals surface area contributed by atoms with E-state index in [0.717, 1.165) is 25.2 Å². The molecule has 0 aliphatic rings. The van der Waals surface area contributed by atoms with Crippen LogP contribution in [0.4, 0.5) is 5.69 Å². The SMILES string of the molecule is Clc1cnccc1NCCCn1cccn1. The van der Waals surface area contributed by atoms with Gasteiger partial charge in [-0.1, -0.05) is 11.6 Å². The van der Waals surface area contributed by atoms with Crippen LogP contribution in [-0.2, 0) is 6.54 Å². The van der Waals surface area contributed by atoms with E-state index in [1.807, 2.05) is 23.0 Å². The molecule has 5 heteroatoms. The Morgan fingerprint density at radius 3 is 3.06 bits per heavy atom. The molecule has 1 N–H and O–H groups in total. The van der Waals surface area contributed by atoms with Gasteiger partial charge in [0.15, 0.2) is 0 Å². The van der Waals surface area contributed by atoms with E-state index in [4.69, 9.17) is 11.6 Å². The summed E-state index contributed by atoms with van der Waals surface area (Å²) in [6.07, 6.45) is 8.10. The van der Waals surface area contributed by atoms with Crippen LogP contribution in [0.5, 0.6) is 0 Å². The van der Waals surface area contributed by atoms with Crippen molar-refractivity contribution in [2.75, 3.05) is 11.9 Å². The number of aryl methyl sites for hydroxylation is 1. The third-order valence-electron chi connectivity index (χ3n) is 2.21. The van der Waals surface area contributed by atoms with Gasteiger partial charge in [-0.3, -0.25) is 9.67 Å². The monoisotopic (exact) mass is 236 g/mol. The number of halogens is 1. The molecule has 0 bridgehead atoms. The van der Waals surface area contributed by atoms with Crippen molar-refractivity contribution in [1.82, 2.24) is 14.8 Å². The number of hydrogen-bond donors (Lipinski definition) is 1. The zero-order chi connectivity index (χ0) is 11.2. The number of nitrogens with one attached hydrogen (secondary N) is 1. The number of anilines is 1. The molecule has 0 fully saturated rings. The van der Waals surface area contributed by atoms with Crippen molar-refractivity contribution in [2.24, 2.45) is 0 Å². The average Bonchev–Trinajstić information content (AvgIpc) is 2.79. The molecular formula is C11H13ClN4. The van der Waals surface area contributed by atoms with Gasteiger partial charge in [0, 0.05) is 37.9 Å². The minimum Gasteiger partial charge on any atom is -0.384 e. The molecule has 0 aliphatic carbocycles. The molecule has 0 unspecified atom stereocenters. The number of hydrogen-bond acceptors (Lipinski definition) is 3. The van der Waals surface area contributed by atoms with Crippen molar-refractivity contribution in [3.8, 4) is 0 Å². The minimum absolute atomic E-state index is 0.654. The summed E-state index contributed by atoms with van der Waals surface area (Å²) in [6, 6.07) is 3.80. The lowest BCUT2D eigenvalue weighted by atomic mass is 10.3. The first kappa shape index (κ1) is 11.0. The molecule has 0 saturated heterocycles. The standard InChI is InChI=1S/C11H13ClN4/c12-10-9-13-6-3-11(10)14-4-1-7-16-8-2-5-15-16/h2-3,5-6,8-9H,1,4,7H2,(H,13,14). The summed E-state index contributed by atoms with van der Waals surface area (Å²) in [7, 11) is 0. The van der Waals surface area contributed by atoms with Gasteiger partial charge in [-0.2, -0.15) is 5.10 Å². The van der Waals surface area contributed by atoms with Gasteiger partial charge < -0.3 is 5.32 Å². The van der Waals surface area contributed by atoms with E-state index in [1.54, 1.807) is 18.6 Å². The lowest BCUT2D eigenvalue weighted by Crippen LogP contribution is -2.07. The fraction of sp³-hybridized carbons (Fsp3) is 0.273. The van der Waals surface area contributed by atoms with Crippen LogP contribution in [0.3, 0.4) is 0 Å². The van der Waals surface area contributed by atoms with Crippen molar-refractivity contribution < 1.29 is 0 Å². The largest absolute Gasteiger partial charge is 0.384 e. The Kier molecular flexibility index (Phi) is 3.77. The molecule has 0 spiro atoms. The summed E-state index contributed by atoms with van der Waals surface area (Å²) < 4.78 is 1.91. The second kappa shape index (κ2) is 5.51. The summed E-state index contributed by atoms with van der Waals surface area (Å²) >= 11 is 5.96. The molecule has 0 atom stereocenters. The summed E-state index contributed by atoms with van der Waals surface area (Å²) in [5.41, 5.74) is 0.928. The number of rotatable bonds is 5. The summed E-state index contributed by atoms with van der Waals surface area (Å²) in [6.45, 7) is 1.77. The second-order valence-corrected chi connectivity index (χ2v) is 3.81. The Hall–Kier alpha value is -1.55. The van der Waals surface area contributed by atoms with Crippen LogP contribution in [0, 0.1) is 0 Å². The molecule has 2 rings (SSSR count). The quantitative estimate of drug-likeness (QED) is 0.811. The Morgan fingerprint density at radius 1 is 1.38 bits per heavy atom. The summed E-state index contributed by atoms with van der Waals surface area (Å²) in [4.78, 5) is 3.93. The van der Waals surface area contributed by atoms with E-state index >= 15 is 0 Å². The van der Waals surface area contributed by atoms with E-state index in [2.05, 4.69) is 15.4 Å². The zero-order valence-corrected chi connectivity index (χ0v) is 9.56. The Morgan fingerprint density at radius 2 is 2.31 bits per heavy atom. The molecular weight excluding hydrogens is 224 g/mol. The normalized spacial score (nSPS) is 10.3. The van der Waals surface area contributed by atoms with Gasteiger partial charge in [0.1, 0.15) is 0 Å². The Balaban J connectivity index is 1.74. The number of aromatic nitrogens is 3. The lowest BCUT2D eigenvalue weighted by Gasteiger charge is -2.07. The van der Waals surface area contributed by atoms with Crippen LogP contribution in [0.15, 0.2) is 36.9 Å². The molecule has 2 aromatic heterocycles. The molecule has 0 amide bonds. The number of pyridine rings is 1. The maximum atomic E-state index is 5.96. The topological polar surface area (TPSA) is 42.7 Å². The minimum atomic E-state index is 0.654. The fourth-order valence-corrected chi connectivity index (χ4v) is 1.60. The van der Waals surface area contributed by atoms with E-state index in [1.165, 1.54) is 0 Å². The van der Waals surface area contributed by atoms with Crippen molar-refractivity contribution in [3.05, 3.63) is 41.9 Å². The first-order chi connectivity index (χ1) is 7.86. The maximum absolute atomic E-state index is 5.96. The zero-order valence-electron chi connectivity index (χ0n) is 8.81. The van der Waals surface area contributed by atoms with Gasteiger partial charge in [0.25, 0.3) is 0 Å². The molecule has 0 aromatic carbocycles. The molecule has 2 heterocycles. The van der Waals surface area contributed by atoms with Gasteiger partial charge in [-0.15, -0.1) is 0 Å². The van der Waals surface area contributed by atoms with Gasteiger partial charge in [-0.25, -0.2) is 0 Å². The predicted octanol–water partition coefficient (Wildman–Crippen LogP) is 2.43. The highest BCUT2D eigenvalue weighted by Crippen LogP contribution is 2.18. The van der Waals surface area contributed by atoms with Gasteiger partial charge in [0.2, 0.25) is 0 Å². The Bertz CT molecular complexity index is 427. The molecule has 0 aliphatic heterocycles. The van der Waals surface area contributed by atoms with Crippen LogP contribution in [-0.4, -0.2) is 21.3 Å². The van der Waals surface area contributed by atoms with Gasteiger partial charge in [0.05, 0.1) is 10.7 Å². The van der Waals surface area contributed by atoms with Crippen molar-refractivity contribution in [3.63, 3.8) is 0 Å². The van der Waals surface area contributed by atoms with E-state index in [0.29, 0.717) is 5.02 Å². The van der Waals surface area contributed by atoms with E-state index in [-0.39, 0.29) is 0 Å². The van der Waals surface area contributed by atoms with Crippen molar-refractivity contribution in [2.45, 2.75) is 13.0 Å². The molecule has 16 heavy (non-hydrogen) atoms. The highest BCUT2D eigenvalue weighted by molar-refractivity contribution is 6.33. The van der Waals surface area contributed by atoms with Crippen molar-refractivity contribution in [1.29, 1.82) is 0 Å². The Labute approximate surface area is 99.3 Å². The molecule has 0 radical (unpaired) electrons. The van der Waals surface area contributed by atoms with E-state index in [9.17, 15) is 0 Å². The number of nitrogens with zero attached hydrogens (tertiary/aromatic N) is 3. The van der Waals surface area contributed by atoms with Gasteiger partial charge in [-0.05, 0) is 18.6 Å². The van der Waals surface area contributed by atoms with Crippen LogP contribution in [0.1, 0.15) is 6.42 Å². The highest BCUT2D eigenvalue weighted by Gasteiger charge is 1.97. The summed E-state index contributed by atoms with van der Waals surface area (Å²) in [5.74, 6) is 0. The molecule has 4 nitrogen and oxygen atoms in total. The van der Waals surface area contributed by atoms with Crippen LogP contribution in [0.25, 0.3) is 0 Å². The lowest BCUT2D eigenvalue weighted by molar-refractivity contribution is 0.592. The van der Waals surface area contributed by atoms with Crippen LogP contribution < -0.4 is 5.32 Å². The first-order valence-corrected chi connectivity index (χ1v) is 5.55. The summed E-state index contributed by atoms with van der Waals surface area (Å²) in [5, 5.41) is 8.05. The third-order valence-corrected chi connectivity index (χ3v) is 2.51. The fourth-order valence-electron chi connectivity index (χ4n) is 1.42. The van der Waals surface area contributed by atoms with Crippen molar-refractivity contribution >= 4 is 17.3 Å². The van der Waals surface area contributed by atoms with Crippen LogP contribution in [0.2, 0.25) is 5.02 Å². The maximum Gasteiger partial charge on any atom is 0.0820 e. The molecule has 2 aromatic rings. The predicted molar refractivity (Wildman–Crippen MR) is 64.6 cm³/mol. The smallest absolute Gasteiger partial charge is 0.0820 e. The molecule has 0 saturated carbocycles. The average molecular weight is 237 g/mol. The van der Waals surface area contributed by atoms with Crippen LogP contribution >= 0.6 is 11.6 Å². The third kappa shape index (κ3) is 2.97. The molecule has 84 valence electrons. The first-order valence-electron chi connectivity index (χ1n) is 5.17.